The van der Waals surface area contributed by atoms with Crippen molar-refractivity contribution in [3.8, 4) is 169 Å². The molecule has 0 spiro atoms. The lowest BCUT2D eigenvalue weighted by molar-refractivity contribution is 1.07. The third-order valence-electron chi connectivity index (χ3n) is 25.1. The maximum Gasteiger partial charge on any atom is 0.164 e. The molecule has 0 aliphatic carbocycles. The quantitative estimate of drug-likeness (QED) is 0.0940. The Labute approximate surface area is 821 Å². The van der Waals surface area contributed by atoms with Gasteiger partial charge in [-0.05, 0) is 128 Å². The van der Waals surface area contributed by atoms with Crippen LogP contribution in [-0.2, 0) is 0 Å². The lowest BCUT2D eigenvalue weighted by atomic mass is 10.0. The van der Waals surface area contributed by atoms with E-state index in [1.54, 1.807) is 40.2 Å². The van der Waals surface area contributed by atoms with E-state index in [2.05, 4.69) is 314 Å². The zero-order valence-corrected chi connectivity index (χ0v) is 77.7. The maximum absolute atomic E-state index is 5.11. The van der Waals surface area contributed by atoms with Gasteiger partial charge in [-0.15, -0.1) is 34.0 Å². The van der Waals surface area contributed by atoms with Gasteiger partial charge in [-0.1, -0.05) is 376 Å². The van der Waals surface area contributed by atoms with E-state index in [1.807, 2.05) is 140 Å². The molecule has 0 unspecified atom stereocenters. The van der Waals surface area contributed by atoms with E-state index in [4.69, 9.17) is 69.8 Å². The number of nitrogens with zero attached hydrogens (tertiary/aromatic N) is 15. The van der Waals surface area contributed by atoms with Gasteiger partial charge in [0.2, 0.25) is 0 Å². The standard InChI is InChI=1S/3C41H25N5S/c1-3-11-26(12-4-1)27-20-22-29(23-21-27)39-44-38(28-13-5-2-6-14-28)45-40(46-39)31-16-9-15-30(25-31)36-37-35(32-17-7-8-19-34(32)47-37)33-18-10-24-42-41(33)43-36;1-3-10-26(11-4-1)27-18-20-29(21-19-27)39-44-38(28-12-5-2-6-13-28)45-40(46-39)32-15-9-14-30(24-32)31-22-23-33-36(25-31)47-41-37(33)42-34-16-7-8-17-35(34)43-41;1-3-10-26(11-4-1)27-18-20-29(21-19-27)39-44-38(28-12-5-2-6-13-28)45-40(46-39)32-15-9-14-30(24-32)31-22-23-34-35(25-31)42-37-33-16-7-8-17-36(33)47-41(37)43-34/h3*1-25H. The van der Waals surface area contributed by atoms with Gasteiger partial charge in [-0.2, -0.15) is 0 Å². The summed E-state index contributed by atoms with van der Waals surface area (Å²) in [6.07, 6.45) is 1.81. The van der Waals surface area contributed by atoms with Crippen LogP contribution in [0.3, 0.4) is 0 Å². The molecule has 27 aromatic rings. The molecule has 0 aliphatic rings. The van der Waals surface area contributed by atoms with Crippen molar-refractivity contribution < 1.29 is 0 Å². The molecule has 0 saturated heterocycles. The Bertz CT molecular complexity index is 9400. The Hall–Kier alpha value is -18.3. The number of hydrogen-bond donors (Lipinski definition) is 0. The van der Waals surface area contributed by atoms with E-state index >= 15 is 0 Å². The number of hydrogen-bond acceptors (Lipinski definition) is 18. The lowest BCUT2D eigenvalue weighted by Crippen LogP contribution is -2.00. The van der Waals surface area contributed by atoms with Gasteiger partial charge in [0.15, 0.2) is 58.1 Å². The maximum atomic E-state index is 5.11. The molecule has 10 aromatic heterocycles. The van der Waals surface area contributed by atoms with Crippen LogP contribution in [0.5, 0.6) is 0 Å². The van der Waals surface area contributed by atoms with Crippen LogP contribution in [0.15, 0.2) is 455 Å². The number of rotatable bonds is 15. The second-order valence-corrected chi connectivity index (χ2v) is 37.2. The van der Waals surface area contributed by atoms with Crippen LogP contribution in [0.1, 0.15) is 0 Å². The molecule has 18 heteroatoms. The molecule has 10 heterocycles. The Morgan fingerprint density at radius 3 is 0.908 bits per heavy atom. The van der Waals surface area contributed by atoms with Crippen molar-refractivity contribution in [2.75, 3.05) is 0 Å². The summed E-state index contributed by atoms with van der Waals surface area (Å²) in [4.78, 5) is 76.3. The molecule has 0 saturated carbocycles. The summed E-state index contributed by atoms with van der Waals surface area (Å²) in [7, 11) is 0. The SMILES string of the molecule is c1ccc(-c2ccc(-c3nc(-c4ccccc4)nc(-c4cccc(-c5ccc6c(c5)sc5nc7ccccc7nc56)c4)n3)cc2)cc1.c1ccc(-c2ccc(-c3nc(-c4ccccc4)nc(-c4cccc(-c5ccc6nc7sc8ccccc8c7nc6c5)c4)n3)cc2)cc1.c1ccc(-c2ccc(-c3nc(-c4ccccc4)nc(-c4cccc(-c5nc6ncccc6c6c5sc5ccccc56)c4)n3)cc2)cc1. The minimum atomic E-state index is 0.606. The first-order valence-electron chi connectivity index (χ1n) is 46.3. The van der Waals surface area contributed by atoms with Crippen molar-refractivity contribution >= 4 is 128 Å². The number of pyridine rings is 2. The zero-order chi connectivity index (χ0) is 93.5. The molecule has 0 atom stereocenters. The van der Waals surface area contributed by atoms with Gasteiger partial charge in [0.25, 0.3) is 0 Å². The molecule has 0 radical (unpaired) electrons. The van der Waals surface area contributed by atoms with Crippen LogP contribution in [0.25, 0.3) is 264 Å². The Morgan fingerprint density at radius 1 is 0.156 bits per heavy atom. The second kappa shape index (κ2) is 37.1. The first kappa shape index (κ1) is 84.4. The normalized spacial score (nSPS) is 11.4. The number of fused-ring (bicyclic) bond motifs is 13. The topological polar surface area (TPSA) is 193 Å². The summed E-state index contributed by atoms with van der Waals surface area (Å²) >= 11 is 5.13. The van der Waals surface area contributed by atoms with Gasteiger partial charge in [0.05, 0.1) is 32.5 Å². The molecule has 17 aromatic carbocycles. The van der Waals surface area contributed by atoms with Gasteiger partial charge in [-0.25, -0.2) is 74.8 Å². The van der Waals surface area contributed by atoms with Crippen LogP contribution in [0.2, 0.25) is 0 Å². The summed E-state index contributed by atoms with van der Waals surface area (Å²) in [6, 6.07) is 153. The number of aromatic nitrogens is 15. The monoisotopic (exact) mass is 1860 g/mol. The molecule has 15 nitrogen and oxygen atoms in total. The Kier molecular flexibility index (Phi) is 22.2. The molecule has 0 aliphatic heterocycles. The highest BCUT2D eigenvalue weighted by molar-refractivity contribution is 7.26. The molecule has 0 amide bonds. The third kappa shape index (κ3) is 17.1. The molecule has 141 heavy (non-hydrogen) atoms. The van der Waals surface area contributed by atoms with Crippen LogP contribution >= 0.6 is 34.0 Å². The summed E-state index contributed by atoms with van der Waals surface area (Å²) in [5, 5.41) is 5.74. The molecule has 0 bridgehead atoms. The highest BCUT2D eigenvalue weighted by atomic mass is 32.1. The van der Waals surface area contributed by atoms with Crippen LogP contribution in [0.4, 0.5) is 0 Å². The Morgan fingerprint density at radius 2 is 0.447 bits per heavy atom. The third-order valence-corrected chi connectivity index (χ3v) is 28.4. The van der Waals surface area contributed by atoms with E-state index in [1.165, 1.54) is 36.9 Å². The molecular formula is C123H75N15S3. The Balaban J connectivity index is 0.000000111. The first-order chi connectivity index (χ1) is 69.8. The fourth-order valence-corrected chi connectivity index (χ4v) is 21.3. The van der Waals surface area contributed by atoms with Crippen molar-refractivity contribution in [2.24, 2.45) is 0 Å². The van der Waals surface area contributed by atoms with E-state index in [-0.39, 0.29) is 0 Å². The zero-order valence-electron chi connectivity index (χ0n) is 75.2. The molecule has 0 fully saturated rings. The summed E-state index contributed by atoms with van der Waals surface area (Å²) in [6.45, 7) is 0. The molecular weight excluding hydrogens is 1780 g/mol. The van der Waals surface area contributed by atoms with E-state index in [0.717, 1.165) is 174 Å². The average Bonchev–Trinajstić information content (AvgIpc) is 1.59. The van der Waals surface area contributed by atoms with Gasteiger partial charge in [0, 0.05) is 103 Å². The number of thiophene rings is 3. The summed E-state index contributed by atoms with van der Waals surface area (Å²) in [5.74, 6) is 5.65. The van der Waals surface area contributed by atoms with Gasteiger partial charge in [-0.3, -0.25) is 0 Å². The molecule has 660 valence electrons. The summed E-state index contributed by atoms with van der Waals surface area (Å²) < 4.78 is 4.73. The molecule has 27 rings (SSSR count). The minimum Gasteiger partial charge on any atom is -0.243 e. The van der Waals surface area contributed by atoms with Crippen molar-refractivity contribution in [2.45, 2.75) is 0 Å². The molecule has 0 N–H and O–H groups in total. The smallest absolute Gasteiger partial charge is 0.164 e. The largest absolute Gasteiger partial charge is 0.243 e. The number of para-hydroxylation sites is 2. The van der Waals surface area contributed by atoms with E-state index in [9.17, 15) is 0 Å². The van der Waals surface area contributed by atoms with Gasteiger partial charge < -0.3 is 0 Å². The predicted molar refractivity (Wildman–Crippen MR) is 579 cm³/mol. The summed E-state index contributed by atoms with van der Waals surface area (Å²) in [5.41, 5.74) is 27.7. The van der Waals surface area contributed by atoms with Crippen molar-refractivity contribution in [3.05, 3.63) is 455 Å². The first-order valence-corrected chi connectivity index (χ1v) is 48.7. The highest BCUT2D eigenvalue weighted by Gasteiger charge is 2.23. The lowest BCUT2D eigenvalue weighted by Gasteiger charge is -2.11. The van der Waals surface area contributed by atoms with Crippen LogP contribution < -0.4 is 0 Å². The van der Waals surface area contributed by atoms with Crippen molar-refractivity contribution in [1.82, 2.24) is 74.8 Å². The fraction of sp³-hybridized carbons (Fsp3) is 0. The van der Waals surface area contributed by atoms with E-state index < -0.39 is 0 Å². The van der Waals surface area contributed by atoms with Crippen molar-refractivity contribution in [1.29, 1.82) is 0 Å². The average molecular weight is 1860 g/mol. The fourth-order valence-electron chi connectivity index (χ4n) is 18.0. The van der Waals surface area contributed by atoms with Crippen LogP contribution in [-0.4, -0.2) is 74.8 Å². The minimum absolute atomic E-state index is 0.606. The van der Waals surface area contributed by atoms with Gasteiger partial charge >= 0.3 is 0 Å². The van der Waals surface area contributed by atoms with Crippen molar-refractivity contribution in [3.63, 3.8) is 0 Å². The second-order valence-electron chi connectivity index (χ2n) is 34.1. The predicted octanol–water partition coefficient (Wildman–Crippen LogP) is 31.6. The van der Waals surface area contributed by atoms with Gasteiger partial charge in [0.1, 0.15) is 20.7 Å². The highest BCUT2D eigenvalue weighted by Crippen LogP contribution is 2.45. The van der Waals surface area contributed by atoms with Crippen LogP contribution in [0, 0.1) is 0 Å². The van der Waals surface area contributed by atoms with E-state index in [0.29, 0.717) is 52.4 Å². The number of benzene rings is 17.